The van der Waals surface area contributed by atoms with Crippen LogP contribution in [0.15, 0.2) is 48.5 Å². The molecule has 2 fully saturated rings. The van der Waals surface area contributed by atoms with Crippen LogP contribution in [0.5, 0.6) is 5.75 Å². The summed E-state index contributed by atoms with van der Waals surface area (Å²) in [6.45, 7) is 5.10. The summed E-state index contributed by atoms with van der Waals surface area (Å²) in [5, 5.41) is 20.7. The SMILES string of the molecule is N#Cc1ccc(CN2CC3CN(CC(=O)NCCOc4ccc(C#N)cc4)CC(C2)O3)cc1. The third-order valence-electron chi connectivity index (χ3n) is 5.77. The summed E-state index contributed by atoms with van der Waals surface area (Å²) >= 11 is 0. The van der Waals surface area contributed by atoms with Crippen LogP contribution in [-0.4, -0.2) is 73.8 Å². The topological polar surface area (TPSA) is 102 Å². The molecule has 2 aromatic rings. The Morgan fingerprint density at radius 2 is 1.52 bits per heavy atom. The highest BCUT2D eigenvalue weighted by Gasteiger charge is 2.35. The molecule has 2 heterocycles. The molecular formula is C25H27N5O3. The zero-order valence-corrected chi connectivity index (χ0v) is 18.4. The van der Waals surface area contributed by atoms with Gasteiger partial charge < -0.3 is 14.8 Å². The van der Waals surface area contributed by atoms with Gasteiger partial charge in [0.05, 0.1) is 48.6 Å². The number of nitrogens with one attached hydrogen (secondary N) is 1. The van der Waals surface area contributed by atoms with Crippen LogP contribution in [0.4, 0.5) is 0 Å². The average molecular weight is 446 g/mol. The number of ether oxygens (including phenoxy) is 2. The number of fused-ring (bicyclic) bond motifs is 2. The van der Waals surface area contributed by atoms with Crippen molar-refractivity contribution in [2.75, 3.05) is 45.9 Å². The Balaban J connectivity index is 1.16. The largest absolute Gasteiger partial charge is 0.492 e. The Morgan fingerprint density at radius 1 is 0.939 bits per heavy atom. The van der Waals surface area contributed by atoms with Gasteiger partial charge in [0, 0.05) is 32.7 Å². The zero-order chi connectivity index (χ0) is 23.0. The Morgan fingerprint density at radius 3 is 2.12 bits per heavy atom. The quantitative estimate of drug-likeness (QED) is 0.615. The second-order valence-corrected chi connectivity index (χ2v) is 8.41. The van der Waals surface area contributed by atoms with E-state index in [-0.39, 0.29) is 18.1 Å². The van der Waals surface area contributed by atoms with Crippen molar-refractivity contribution in [3.05, 3.63) is 65.2 Å². The van der Waals surface area contributed by atoms with Gasteiger partial charge in [-0.2, -0.15) is 10.5 Å². The highest BCUT2D eigenvalue weighted by molar-refractivity contribution is 5.78. The second-order valence-electron chi connectivity index (χ2n) is 8.41. The third-order valence-corrected chi connectivity index (χ3v) is 5.77. The van der Waals surface area contributed by atoms with E-state index in [1.54, 1.807) is 24.3 Å². The van der Waals surface area contributed by atoms with Gasteiger partial charge in [0.25, 0.3) is 0 Å². The smallest absolute Gasteiger partial charge is 0.234 e. The molecule has 1 N–H and O–H groups in total. The summed E-state index contributed by atoms with van der Waals surface area (Å²) in [5.74, 6) is 0.655. The van der Waals surface area contributed by atoms with Crippen LogP contribution in [0.25, 0.3) is 0 Å². The molecule has 4 rings (SSSR count). The van der Waals surface area contributed by atoms with Crippen molar-refractivity contribution >= 4 is 5.91 Å². The monoisotopic (exact) mass is 445 g/mol. The fraction of sp³-hybridized carbons (Fsp3) is 0.400. The van der Waals surface area contributed by atoms with Gasteiger partial charge >= 0.3 is 0 Å². The number of rotatable bonds is 8. The zero-order valence-electron chi connectivity index (χ0n) is 18.4. The van der Waals surface area contributed by atoms with Crippen molar-refractivity contribution < 1.29 is 14.3 Å². The summed E-state index contributed by atoms with van der Waals surface area (Å²) in [4.78, 5) is 16.9. The molecule has 2 aromatic carbocycles. The lowest BCUT2D eigenvalue weighted by Crippen LogP contribution is -2.60. The van der Waals surface area contributed by atoms with E-state index in [1.165, 1.54) is 5.56 Å². The van der Waals surface area contributed by atoms with Crippen LogP contribution >= 0.6 is 0 Å². The number of hydrogen-bond acceptors (Lipinski definition) is 7. The van der Waals surface area contributed by atoms with Crippen molar-refractivity contribution in [2.45, 2.75) is 18.8 Å². The van der Waals surface area contributed by atoms with Gasteiger partial charge in [-0.1, -0.05) is 12.1 Å². The predicted octanol–water partition coefficient (Wildman–Crippen LogP) is 1.51. The number of hydrogen-bond donors (Lipinski definition) is 1. The molecule has 2 bridgehead atoms. The maximum atomic E-state index is 12.4. The summed E-state index contributed by atoms with van der Waals surface area (Å²) in [7, 11) is 0. The van der Waals surface area contributed by atoms with Crippen LogP contribution in [0.3, 0.4) is 0 Å². The molecule has 8 heteroatoms. The lowest BCUT2D eigenvalue weighted by molar-refractivity contribution is -0.146. The van der Waals surface area contributed by atoms with Gasteiger partial charge in [-0.25, -0.2) is 0 Å². The molecule has 2 aliphatic rings. The maximum Gasteiger partial charge on any atom is 0.234 e. The van der Waals surface area contributed by atoms with Gasteiger partial charge in [-0.3, -0.25) is 14.6 Å². The summed E-state index contributed by atoms with van der Waals surface area (Å²) in [6.07, 6.45) is 0.173. The fourth-order valence-corrected chi connectivity index (χ4v) is 4.31. The number of benzene rings is 2. The van der Waals surface area contributed by atoms with Gasteiger partial charge in [-0.05, 0) is 42.0 Å². The number of carbonyl (C=O) groups excluding carboxylic acids is 1. The van der Waals surface area contributed by atoms with Gasteiger partial charge in [0.2, 0.25) is 5.91 Å². The minimum Gasteiger partial charge on any atom is -0.492 e. The normalized spacial score (nSPS) is 20.4. The van der Waals surface area contributed by atoms with Crippen molar-refractivity contribution in [1.82, 2.24) is 15.1 Å². The summed E-state index contributed by atoms with van der Waals surface area (Å²) < 4.78 is 11.7. The highest BCUT2D eigenvalue weighted by atomic mass is 16.5. The lowest BCUT2D eigenvalue weighted by atomic mass is 10.1. The Bertz CT molecular complexity index is 1010. The number of nitrogens with zero attached hydrogens (tertiary/aromatic N) is 4. The molecule has 8 nitrogen and oxygen atoms in total. The van der Waals surface area contributed by atoms with Crippen LogP contribution in [-0.2, 0) is 16.1 Å². The minimum absolute atomic E-state index is 0.0205. The molecule has 0 spiro atoms. The van der Waals surface area contributed by atoms with Crippen LogP contribution in [0.1, 0.15) is 16.7 Å². The van der Waals surface area contributed by atoms with E-state index < -0.39 is 0 Å². The molecule has 33 heavy (non-hydrogen) atoms. The fourth-order valence-electron chi connectivity index (χ4n) is 4.31. The molecule has 0 aromatic heterocycles. The van der Waals surface area contributed by atoms with Gasteiger partial charge in [0.15, 0.2) is 0 Å². The maximum absolute atomic E-state index is 12.4. The predicted molar refractivity (Wildman–Crippen MR) is 121 cm³/mol. The number of nitriles is 2. The van der Waals surface area contributed by atoms with E-state index >= 15 is 0 Å². The Kier molecular flexibility index (Phi) is 7.54. The van der Waals surface area contributed by atoms with E-state index in [4.69, 9.17) is 20.0 Å². The van der Waals surface area contributed by atoms with Crippen molar-refractivity contribution in [3.63, 3.8) is 0 Å². The average Bonchev–Trinajstić information content (AvgIpc) is 2.82. The third kappa shape index (κ3) is 6.53. The molecule has 0 aliphatic carbocycles. The first-order valence-corrected chi connectivity index (χ1v) is 11.1. The number of amides is 1. The van der Waals surface area contributed by atoms with Crippen LogP contribution in [0.2, 0.25) is 0 Å². The molecule has 2 saturated heterocycles. The number of morpholine rings is 2. The molecule has 1 amide bonds. The first kappa shape index (κ1) is 22.8. The van der Waals surface area contributed by atoms with E-state index in [9.17, 15) is 4.79 Å². The molecule has 170 valence electrons. The first-order valence-electron chi connectivity index (χ1n) is 11.1. The molecular weight excluding hydrogens is 418 g/mol. The minimum atomic E-state index is -0.0205. The van der Waals surface area contributed by atoms with Crippen molar-refractivity contribution in [1.29, 1.82) is 10.5 Å². The van der Waals surface area contributed by atoms with Crippen LogP contribution < -0.4 is 10.1 Å². The molecule has 0 radical (unpaired) electrons. The van der Waals surface area contributed by atoms with E-state index in [2.05, 4.69) is 27.3 Å². The standard InChI is InChI=1S/C25H27N5O3/c26-11-19-1-3-21(4-2-19)13-29-14-23-16-30(17-24(15-29)33-23)18-25(31)28-9-10-32-22-7-5-20(12-27)6-8-22/h1-8,23-24H,9-10,13-18H2,(H,28,31). The Labute approximate surface area is 193 Å². The molecule has 0 saturated carbocycles. The number of carbonyl (C=O) groups is 1. The molecule has 2 unspecified atom stereocenters. The van der Waals surface area contributed by atoms with Gasteiger partial charge in [0.1, 0.15) is 12.4 Å². The highest BCUT2D eigenvalue weighted by Crippen LogP contribution is 2.21. The lowest BCUT2D eigenvalue weighted by Gasteiger charge is -2.45. The van der Waals surface area contributed by atoms with E-state index in [1.807, 2.05) is 24.3 Å². The molecule has 2 atom stereocenters. The Hall–Kier alpha value is -3.43. The van der Waals surface area contributed by atoms with E-state index in [0.717, 1.165) is 32.7 Å². The second kappa shape index (κ2) is 10.9. The first-order chi connectivity index (χ1) is 16.1. The van der Waals surface area contributed by atoms with Crippen LogP contribution in [0, 0.1) is 22.7 Å². The van der Waals surface area contributed by atoms with Crippen molar-refractivity contribution in [3.8, 4) is 17.9 Å². The van der Waals surface area contributed by atoms with E-state index in [0.29, 0.717) is 36.6 Å². The van der Waals surface area contributed by atoms with Crippen molar-refractivity contribution in [2.24, 2.45) is 0 Å². The summed E-state index contributed by atoms with van der Waals surface area (Å²) in [6, 6.07) is 18.8. The van der Waals surface area contributed by atoms with Gasteiger partial charge in [-0.15, -0.1) is 0 Å². The summed E-state index contributed by atoms with van der Waals surface area (Å²) in [5.41, 5.74) is 2.45. The molecule has 2 aliphatic heterocycles.